The first-order chi connectivity index (χ1) is 11.9. The molecule has 0 radical (unpaired) electrons. The Morgan fingerprint density at radius 2 is 2.04 bits per heavy atom. The molecule has 8 nitrogen and oxygen atoms in total. The van der Waals surface area contributed by atoms with E-state index in [4.69, 9.17) is 16.3 Å². The average Bonchev–Trinajstić information content (AvgIpc) is 2.52. The molecule has 26 heavy (non-hydrogen) atoms. The van der Waals surface area contributed by atoms with E-state index < -0.39 is 27.3 Å². The number of piperidine rings is 1. The van der Waals surface area contributed by atoms with Crippen LogP contribution >= 0.6 is 11.6 Å². The summed E-state index contributed by atoms with van der Waals surface area (Å²) in [5.74, 6) is 0. The van der Waals surface area contributed by atoms with E-state index in [-0.39, 0.29) is 42.5 Å². The van der Waals surface area contributed by atoms with Gasteiger partial charge in [0.25, 0.3) is 0 Å². The van der Waals surface area contributed by atoms with Crippen LogP contribution in [0.3, 0.4) is 0 Å². The highest BCUT2D eigenvalue weighted by Crippen LogP contribution is 2.24. The van der Waals surface area contributed by atoms with Crippen LogP contribution in [-0.2, 0) is 14.8 Å². The van der Waals surface area contributed by atoms with Gasteiger partial charge in [-0.2, -0.15) is 0 Å². The molecule has 0 unspecified atom stereocenters. The normalized spacial score (nSPS) is 17.8. The molecule has 2 rings (SSSR count). The van der Waals surface area contributed by atoms with Crippen LogP contribution in [0.25, 0.3) is 0 Å². The van der Waals surface area contributed by atoms with Crippen molar-refractivity contribution in [3.05, 3.63) is 23.5 Å². The summed E-state index contributed by atoms with van der Waals surface area (Å²) < 4.78 is 32.3. The van der Waals surface area contributed by atoms with E-state index in [9.17, 15) is 18.3 Å². The highest BCUT2D eigenvalue weighted by Gasteiger charge is 2.36. The first-order valence-corrected chi connectivity index (χ1v) is 10.1. The van der Waals surface area contributed by atoms with Crippen LogP contribution in [0.1, 0.15) is 33.6 Å². The van der Waals surface area contributed by atoms with Crippen molar-refractivity contribution in [2.24, 2.45) is 0 Å². The van der Waals surface area contributed by atoms with Crippen molar-refractivity contribution in [1.29, 1.82) is 0 Å². The summed E-state index contributed by atoms with van der Waals surface area (Å²) in [5, 5.41) is 10.5. The summed E-state index contributed by atoms with van der Waals surface area (Å²) >= 11 is 5.82. The molecule has 0 saturated carbocycles. The lowest BCUT2D eigenvalue weighted by molar-refractivity contribution is -0.0284. The molecule has 1 aliphatic rings. The lowest BCUT2D eigenvalue weighted by atomic mass is 9.92. The maximum absolute atomic E-state index is 12.3. The Morgan fingerprint density at radius 3 is 2.58 bits per heavy atom. The first kappa shape index (κ1) is 20.9. The average molecular weight is 406 g/mol. The number of ether oxygens (including phenoxy) is 1. The summed E-state index contributed by atoms with van der Waals surface area (Å²) in [6.45, 7) is 5.72. The second-order valence-electron chi connectivity index (χ2n) is 7.31. The highest BCUT2D eigenvalue weighted by molar-refractivity contribution is 7.89. The molecule has 1 aromatic rings. The van der Waals surface area contributed by atoms with E-state index in [1.807, 2.05) is 0 Å². The zero-order valence-electron chi connectivity index (χ0n) is 15.0. The number of amides is 1. The fraction of sp³-hybridized carbons (Fsp3) is 0.625. The predicted molar refractivity (Wildman–Crippen MR) is 96.4 cm³/mol. The molecule has 1 aliphatic heterocycles. The van der Waals surface area contributed by atoms with Crippen LogP contribution in [0.4, 0.5) is 4.79 Å². The molecule has 0 bridgehead atoms. The van der Waals surface area contributed by atoms with Gasteiger partial charge in [0.15, 0.2) is 0 Å². The van der Waals surface area contributed by atoms with Crippen molar-refractivity contribution in [2.75, 3.05) is 19.6 Å². The number of nitrogens with one attached hydrogen (secondary N) is 1. The zero-order valence-corrected chi connectivity index (χ0v) is 16.6. The van der Waals surface area contributed by atoms with Crippen molar-refractivity contribution >= 4 is 27.7 Å². The number of nitrogens with zero attached hydrogens (tertiary/aromatic N) is 2. The molecule has 1 fully saturated rings. The lowest BCUT2D eigenvalue weighted by Gasteiger charge is -2.38. The zero-order chi connectivity index (χ0) is 19.6. The standard InChI is InChI=1S/C16H24ClN3O5S/c1-15(2,3)25-14(21)20-9-6-16(22,7-10-20)11-19-26(23,24)12-5-4-8-18-13(12)17/h4-5,8,19,22H,6-7,9-11H2,1-3H3. The van der Waals surface area contributed by atoms with Crippen LogP contribution in [0.2, 0.25) is 5.15 Å². The monoisotopic (exact) mass is 405 g/mol. The molecule has 1 amide bonds. The van der Waals surface area contributed by atoms with Crippen LogP contribution in [0.5, 0.6) is 0 Å². The van der Waals surface area contributed by atoms with Gasteiger partial charge in [0.05, 0.1) is 5.60 Å². The van der Waals surface area contributed by atoms with E-state index >= 15 is 0 Å². The maximum atomic E-state index is 12.3. The Bertz CT molecular complexity index is 755. The molecule has 1 saturated heterocycles. The molecule has 0 spiro atoms. The van der Waals surface area contributed by atoms with Gasteiger partial charge in [0.2, 0.25) is 10.0 Å². The molecule has 2 heterocycles. The van der Waals surface area contributed by atoms with Gasteiger partial charge in [0, 0.05) is 25.8 Å². The van der Waals surface area contributed by atoms with Gasteiger partial charge in [-0.05, 0) is 45.7 Å². The second-order valence-corrected chi connectivity index (χ2v) is 9.40. The molecule has 146 valence electrons. The van der Waals surface area contributed by atoms with E-state index in [0.717, 1.165) is 0 Å². The predicted octanol–water partition coefficient (Wildman–Crippen LogP) is 1.78. The van der Waals surface area contributed by atoms with E-state index in [0.29, 0.717) is 0 Å². The number of pyridine rings is 1. The number of sulfonamides is 1. The summed E-state index contributed by atoms with van der Waals surface area (Å²) in [6, 6.07) is 2.81. The Balaban J connectivity index is 1.93. The van der Waals surface area contributed by atoms with Crippen LogP contribution in [-0.4, -0.2) is 60.3 Å². The van der Waals surface area contributed by atoms with Gasteiger partial charge in [-0.25, -0.2) is 22.9 Å². The number of likely N-dealkylation sites (tertiary alicyclic amines) is 1. The topological polar surface area (TPSA) is 109 Å². The molecule has 10 heteroatoms. The van der Waals surface area contributed by atoms with Crippen molar-refractivity contribution in [3.8, 4) is 0 Å². The Kier molecular flexibility index (Phi) is 6.17. The number of aliphatic hydroxyl groups is 1. The quantitative estimate of drug-likeness (QED) is 0.739. The molecule has 0 aromatic carbocycles. The Labute approximate surface area is 158 Å². The van der Waals surface area contributed by atoms with Gasteiger partial charge in [-0.15, -0.1) is 0 Å². The van der Waals surface area contributed by atoms with Crippen molar-refractivity contribution in [3.63, 3.8) is 0 Å². The van der Waals surface area contributed by atoms with Gasteiger partial charge < -0.3 is 14.7 Å². The van der Waals surface area contributed by atoms with Crippen LogP contribution < -0.4 is 4.72 Å². The summed E-state index contributed by atoms with van der Waals surface area (Å²) in [7, 11) is -3.89. The maximum Gasteiger partial charge on any atom is 0.410 e. The van der Waals surface area contributed by atoms with Crippen LogP contribution in [0.15, 0.2) is 23.2 Å². The number of carbonyl (C=O) groups excluding carboxylic acids is 1. The third kappa shape index (κ3) is 5.54. The third-order valence-electron chi connectivity index (χ3n) is 3.95. The van der Waals surface area contributed by atoms with Crippen molar-refractivity contribution < 1.29 is 23.1 Å². The first-order valence-electron chi connectivity index (χ1n) is 8.22. The molecule has 0 atom stereocenters. The van der Waals surface area contributed by atoms with Crippen molar-refractivity contribution in [1.82, 2.24) is 14.6 Å². The van der Waals surface area contributed by atoms with Crippen LogP contribution in [0, 0.1) is 0 Å². The third-order valence-corrected chi connectivity index (χ3v) is 5.80. The fourth-order valence-corrected chi connectivity index (χ4v) is 4.06. The Hall–Kier alpha value is -1.42. The van der Waals surface area contributed by atoms with E-state index in [1.165, 1.54) is 23.2 Å². The second kappa shape index (κ2) is 7.67. The van der Waals surface area contributed by atoms with Gasteiger partial charge in [0.1, 0.15) is 15.6 Å². The Morgan fingerprint density at radius 1 is 1.42 bits per heavy atom. The smallest absolute Gasteiger partial charge is 0.410 e. The number of hydrogen-bond acceptors (Lipinski definition) is 6. The molecular formula is C16H24ClN3O5S. The lowest BCUT2D eigenvalue weighted by Crippen LogP contribution is -2.52. The minimum Gasteiger partial charge on any atom is -0.444 e. The highest BCUT2D eigenvalue weighted by atomic mass is 35.5. The van der Waals surface area contributed by atoms with E-state index in [2.05, 4.69) is 9.71 Å². The van der Waals surface area contributed by atoms with Gasteiger partial charge >= 0.3 is 6.09 Å². The number of carbonyl (C=O) groups is 1. The van der Waals surface area contributed by atoms with Crippen molar-refractivity contribution in [2.45, 2.75) is 49.7 Å². The number of hydrogen-bond donors (Lipinski definition) is 2. The number of aromatic nitrogens is 1. The number of halogens is 1. The van der Waals surface area contributed by atoms with Gasteiger partial charge in [-0.1, -0.05) is 11.6 Å². The number of rotatable bonds is 4. The molecule has 2 N–H and O–H groups in total. The van der Waals surface area contributed by atoms with Gasteiger partial charge in [-0.3, -0.25) is 0 Å². The molecular weight excluding hydrogens is 382 g/mol. The SMILES string of the molecule is CC(C)(C)OC(=O)N1CCC(O)(CNS(=O)(=O)c2cccnc2Cl)CC1. The van der Waals surface area contributed by atoms with E-state index in [1.54, 1.807) is 20.8 Å². The molecule has 0 aliphatic carbocycles. The summed E-state index contributed by atoms with van der Waals surface area (Å²) in [5.41, 5.74) is -1.84. The largest absolute Gasteiger partial charge is 0.444 e. The minimum absolute atomic E-state index is 0.133. The fourth-order valence-electron chi connectivity index (χ4n) is 2.49. The minimum atomic E-state index is -3.89. The molecule has 1 aromatic heterocycles. The summed E-state index contributed by atoms with van der Waals surface area (Å²) in [6.07, 6.45) is 1.41. The summed E-state index contributed by atoms with van der Waals surface area (Å²) in [4.78, 5) is 17.2.